The summed E-state index contributed by atoms with van der Waals surface area (Å²) in [7, 11) is 0. The standard InChI is InChI=1S/C24H17N5O2S/c30-22(25-24-27-26-20(32-24)15-16-9-3-1-4-10-16)21-18-13-7-8-14-19(18)23(31)29(28-21)17-11-5-2-6-12-17/h1-14H,15H2,(H,25,27,30). The smallest absolute Gasteiger partial charge is 0.279 e. The Labute approximate surface area is 187 Å². The lowest BCUT2D eigenvalue weighted by Gasteiger charge is -2.10. The third kappa shape index (κ3) is 3.91. The quantitative estimate of drug-likeness (QED) is 0.446. The van der Waals surface area contributed by atoms with Crippen molar-refractivity contribution in [3.63, 3.8) is 0 Å². The van der Waals surface area contributed by atoms with Crippen LogP contribution in [0.15, 0.2) is 89.7 Å². The zero-order valence-corrected chi connectivity index (χ0v) is 17.6. The highest BCUT2D eigenvalue weighted by atomic mass is 32.1. The Kier molecular flexibility index (Phi) is 5.27. The van der Waals surface area contributed by atoms with Crippen LogP contribution in [0, 0.1) is 0 Å². The molecule has 2 heterocycles. The first-order valence-electron chi connectivity index (χ1n) is 9.94. The van der Waals surface area contributed by atoms with Crippen molar-refractivity contribution in [2.45, 2.75) is 6.42 Å². The van der Waals surface area contributed by atoms with Gasteiger partial charge in [0, 0.05) is 11.8 Å². The Hall–Kier alpha value is -4.17. The van der Waals surface area contributed by atoms with Gasteiger partial charge in [-0.25, -0.2) is 0 Å². The summed E-state index contributed by atoms with van der Waals surface area (Å²) in [5, 5.41) is 17.5. The molecule has 5 rings (SSSR count). The molecule has 0 spiro atoms. The molecule has 5 aromatic rings. The summed E-state index contributed by atoms with van der Waals surface area (Å²) in [5.74, 6) is -0.451. The molecule has 0 saturated heterocycles. The van der Waals surface area contributed by atoms with E-state index in [2.05, 4.69) is 20.6 Å². The monoisotopic (exact) mass is 439 g/mol. The number of amides is 1. The minimum Gasteiger partial charge on any atom is -0.295 e. The molecule has 3 aromatic carbocycles. The van der Waals surface area contributed by atoms with Crippen LogP contribution in [0.1, 0.15) is 21.1 Å². The zero-order valence-electron chi connectivity index (χ0n) is 16.8. The van der Waals surface area contributed by atoms with E-state index in [0.29, 0.717) is 28.0 Å². The number of carbonyl (C=O) groups is 1. The van der Waals surface area contributed by atoms with E-state index in [1.54, 1.807) is 36.4 Å². The van der Waals surface area contributed by atoms with Crippen molar-refractivity contribution < 1.29 is 4.79 Å². The van der Waals surface area contributed by atoms with Gasteiger partial charge in [-0.05, 0) is 23.8 Å². The normalized spacial score (nSPS) is 10.9. The number of carbonyl (C=O) groups excluding carboxylic acids is 1. The number of aromatic nitrogens is 4. The topological polar surface area (TPSA) is 89.8 Å². The van der Waals surface area contributed by atoms with Crippen LogP contribution < -0.4 is 10.9 Å². The van der Waals surface area contributed by atoms with Crippen molar-refractivity contribution in [2.75, 3.05) is 5.32 Å². The number of hydrogen-bond acceptors (Lipinski definition) is 6. The predicted octanol–water partition coefficient (Wildman–Crippen LogP) is 4.08. The molecule has 0 aliphatic heterocycles. The number of anilines is 1. The Morgan fingerprint density at radius 1 is 0.844 bits per heavy atom. The lowest BCUT2D eigenvalue weighted by Crippen LogP contribution is -2.26. The first kappa shape index (κ1) is 19.8. The zero-order chi connectivity index (χ0) is 21.9. The van der Waals surface area contributed by atoms with Crippen molar-refractivity contribution >= 4 is 33.1 Å². The van der Waals surface area contributed by atoms with Crippen LogP contribution in [0.2, 0.25) is 0 Å². The van der Waals surface area contributed by atoms with E-state index in [-0.39, 0.29) is 11.3 Å². The summed E-state index contributed by atoms with van der Waals surface area (Å²) in [4.78, 5) is 26.1. The van der Waals surface area contributed by atoms with E-state index in [0.717, 1.165) is 10.6 Å². The number of rotatable bonds is 5. The van der Waals surface area contributed by atoms with Crippen molar-refractivity contribution in [2.24, 2.45) is 0 Å². The van der Waals surface area contributed by atoms with E-state index < -0.39 is 5.91 Å². The maximum absolute atomic E-state index is 13.1. The van der Waals surface area contributed by atoms with Gasteiger partial charge in [-0.15, -0.1) is 10.2 Å². The van der Waals surface area contributed by atoms with E-state index in [9.17, 15) is 9.59 Å². The molecule has 0 atom stereocenters. The highest BCUT2D eigenvalue weighted by Crippen LogP contribution is 2.21. The number of fused-ring (bicyclic) bond motifs is 1. The number of benzene rings is 3. The lowest BCUT2D eigenvalue weighted by atomic mass is 10.1. The van der Waals surface area contributed by atoms with Gasteiger partial charge in [-0.3, -0.25) is 14.9 Å². The maximum atomic E-state index is 13.1. The second kappa shape index (κ2) is 8.52. The SMILES string of the molecule is O=C(Nc1nnc(Cc2ccccc2)s1)c1nn(-c2ccccc2)c(=O)c2ccccc12. The Morgan fingerprint density at radius 2 is 1.50 bits per heavy atom. The summed E-state index contributed by atoms with van der Waals surface area (Å²) in [5.41, 5.74) is 1.55. The largest absolute Gasteiger partial charge is 0.295 e. The number of hydrogen-bond donors (Lipinski definition) is 1. The summed E-state index contributed by atoms with van der Waals surface area (Å²) in [6, 6.07) is 25.9. The fourth-order valence-electron chi connectivity index (χ4n) is 3.40. The molecular weight excluding hydrogens is 422 g/mol. The van der Waals surface area contributed by atoms with Gasteiger partial charge < -0.3 is 0 Å². The molecule has 0 aliphatic rings. The second-order valence-corrected chi connectivity index (χ2v) is 8.13. The van der Waals surface area contributed by atoms with Gasteiger partial charge in [0.2, 0.25) is 5.13 Å². The fraction of sp³-hybridized carbons (Fsp3) is 0.0417. The number of para-hydroxylation sites is 1. The van der Waals surface area contributed by atoms with Crippen LogP contribution in [-0.4, -0.2) is 25.9 Å². The fourth-order valence-corrected chi connectivity index (χ4v) is 4.17. The van der Waals surface area contributed by atoms with Gasteiger partial charge in [-0.2, -0.15) is 9.78 Å². The van der Waals surface area contributed by atoms with Crippen molar-refractivity contribution in [3.05, 3.63) is 112 Å². The van der Waals surface area contributed by atoms with Gasteiger partial charge in [0.15, 0.2) is 5.69 Å². The molecule has 1 N–H and O–H groups in total. The van der Waals surface area contributed by atoms with E-state index >= 15 is 0 Å². The van der Waals surface area contributed by atoms with Crippen LogP contribution in [0.5, 0.6) is 0 Å². The van der Waals surface area contributed by atoms with Crippen molar-refractivity contribution in [1.82, 2.24) is 20.0 Å². The average molecular weight is 440 g/mol. The number of nitrogens with zero attached hydrogens (tertiary/aromatic N) is 4. The molecule has 0 fully saturated rings. The van der Waals surface area contributed by atoms with E-state index in [1.165, 1.54) is 16.0 Å². The molecule has 0 saturated carbocycles. The Morgan fingerprint density at radius 3 is 2.25 bits per heavy atom. The molecule has 156 valence electrons. The third-order valence-electron chi connectivity index (χ3n) is 4.91. The Balaban J connectivity index is 1.49. The molecule has 0 aliphatic carbocycles. The summed E-state index contributed by atoms with van der Waals surface area (Å²) < 4.78 is 1.25. The minimum absolute atomic E-state index is 0.142. The first-order chi connectivity index (χ1) is 15.7. The molecule has 0 bridgehead atoms. The van der Waals surface area contributed by atoms with Crippen molar-refractivity contribution in [1.29, 1.82) is 0 Å². The van der Waals surface area contributed by atoms with Gasteiger partial charge in [0.1, 0.15) is 5.01 Å². The molecule has 1 amide bonds. The predicted molar refractivity (Wildman–Crippen MR) is 124 cm³/mol. The van der Waals surface area contributed by atoms with Gasteiger partial charge in [-0.1, -0.05) is 78.1 Å². The van der Waals surface area contributed by atoms with Gasteiger partial charge in [0.25, 0.3) is 11.5 Å². The Bertz CT molecular complexity index is 1460. The van der Waals surface area contributed by atoms with Crippen LogP contribution in [-0.2, 0) is 6.42 Å². The van der Waals surface area contributed by atoms with Gasteiger partial charge >= 0.3 is 0 Å². The van der Waals surface area contributed by atoms with E-state index in [4.69, 9.17) is 0 Å². The van der Waals surface area contributed by atoms with Gasteiger partial charge in [0.05, 0.1) is 11.1 Å². The number of nitrogens with one attached hydrogen (secondary N) is 1. The van der Waals surface area contributed by atoms with Crippen molar-refractivity contribution in [3.8, 4) is 5.69 Å². The van der Waals surface area contributed by atoms with Crippen LogP contribution in [0.3, 0.4) is 0 Å². The highest BCUT2D eigenvalue weighted by molar-refractivity contribution is 7.15. The molecule has 7 nitrogen and oxygen atoms in total. The maximum Gasteiger partial charge on any atom is 0.279 e. The van der Waals surface area contributed by atoms with Crippen LogP contribution in [0.4, 0.5) is 5.13 Å². The van der Waals surface area contributed by atoms with Crippen LogP contribution in [0.25, 0.3) is 16.5 Å². The first-order valence-corrected chi connectivity index (χ1v) is 10.8. The third-order valence-corrected chi connectivity index (χ3v) is 5.74. The molecule has 32 heavy (non-hydrogen) atoms. The van der Waals surface area contributed by atoms with E-state index in [1.807, 2.05) is 48.5 Å². The molecule has 8 heteroatoms. The summed E-state index contributed by atoms with van der Waals surface area (Å²) in [6.45, 7) is 0. The minimum atomic E-state index is -0.451. The lowest BCUT2D eigenvalue weighted by molar-refractivity contribution is 0.102. The van der Waals surface area contributed by atoms with Crippen LogP contribution >= 0.6 is 11.3 Å². The molecule has 0 unspecified atom stereocenters. The molecular formula is C24H17N5O2S. The molecule has 2 aromatic heterocycles. The highest BCUT2D eigenvalue weighted by Gasteiger charge is 2.19. The second-order valence-electron chi connectivity index (χ2n) is 7.06. The summed E-state index contributed by atoms with van der Waals surface area (Å²) in [6.07, 6.45) is 0.633. The average Bonchev–Trinajstić information content (AvgIpc) is 3.27. The molecule has 0 radical (unpaired) electrons. The summed E-state index contributed by atoms with van der Waals surface area (Å²) >= 11 is 1.31.